The van der Waals surface area contributed by atoms with E-state index >= 15 is 0 Å². The number of imide groups is 1. The zero-order valence-electron chi connectivity index (χ0n) is 20.4. The minimum absolute atomic E-state index is 0.0929. The van der Waals surface area contributed by atoms with Gasteiger partial charge in [0.25, 0.3) is 5.91 Å². The van der Waals surface area contributed by atoms with Crippen LogP contribution in [0.5, 0.6) is 0 Å². The molecule has 188 valence electrons. The van der Waals surface area contributed by atoms with Crippen molar-refractivity contribution in [2.45, 2.75) is 82.0 Å². The molecule has 1 aromatic carbocycles. The van der Waals surface area contributed by atoms with Gasteiger partial charge in [0.2, 0.25) is 11.8 Å². The van der Waals surface area contributed by atoms with E-state index in [0.717, 1.165) is 69.2 Å². The summed E-state index contributed by atoms with van der Waals surface area (Å²) < 4.78 is 5.81. The number of morpholine rings is 1. The Morgan fingerprint density at radius 2 is 1.91 bits per heavy atom. The lowest BCUT2D eigenvalue weighted by atomic mass is 9.78. The van der Waals surface area contributed by atoms with Gasteiger partial charge in [-0.3, -0.25) is 19.7 Å². The minimum atomic E-state index is -0.577. The Morgan fingerprint density at radius 3 is 2.63 bits per heavy atom. The maximum absolute atomic E-state index is 13.4. The number of piperidine rings is 1. The number of hydrogen-bond donors (Lipinski definition) is 2. The number of amides is 3. The second-order valence-corrected chi connectivity index (χ2v) is 11.1. The summed E-state index contributed by atoms with van der Waals surface area (Å²) in [6.07, 6.45) is 8.95. The number of nitrogens with one attached hydrogen (secondary N) is 2. The molecule has 3 aliphatic heterocycles. The molecule has 3 amide bonds. The van der Waals surface area contributed by atoms with Crippen molar-refractivity contribution in [3.63, 3.8) is 0 Å². The minimum Gasteiger partial charge on any atom is -0.378 e. The summed E-state index contributed by atoms with van der Waals surface area (Å²) in [4.78, 5) is 41.8. The van der Waals surface area contributed by atoms with Gasteiger partial charge >= 0.3 is 0 Å². The first-order valence-electron chi connectivity index (χ1n) is 13.4. The molecular formula is C27H36N4O4. The highest BCUT2D eigenvalue weighted by atomic mass is 16.5. The molecule has 2 saturated heterocycles. The number of nitrogens with zero attached hydrogens (tertiary/aromatic N) is 2. The number of carbonyl (C=O) groups excluding carboxylic acids is 3. The van der Waals surface area contributed by atoms with Gasteiger partial charge in [-0.15, -0.1) is 0 Å². The lowest BCUT2D eigenvalue weighted by molar-refractivity contribution is -0.136. The molecule has 3 heterocycles. The molecule has 2 N–H and O–H groups in total. The van der Waals surface area contributed by atoms with Crippen molar-refractivity contribution in [3.8, 4) is 0 Å². The molecule has 1 spiro atoms. The van der Waals surface area contributed by atoms with Crippen LogP contribution in [-0.2, 0) is 20.9 Å². The van der Waals surface area contributed by atoms with Crippen LogP contribution in [0, 0.1) is 5.92 Å². The smallest absolute Gasteiger partial charge is 0.255 e. The predicted octanol–water partition coefficient (Wildman–Crippen LogP) is 2.36. The van der Waals surface area contributed by atoms with Gasteiger partial charge in [-0.2, -0.15) is 0 Å². The van der Waals surface area contributed by atoms with Crippen LogP contribution in [0.1, 0.15) is 73.7 Å². The van der Waals surface area contributed by atoms with Crippen LogP contribution in [0.25, 0.3) is 0 Å². The number of benzene rings is 1. The predicted molar refractivity (Wildman–Crippen MR) is 131 cm³/mol. The number of rotatable bonds is 6. The lowest BCUT2D eigenvalue weighted by Crippen LogP contribution is -2.58. The summed E-state index contributed by atoms with van der Waals surface area (Å²) in [5.74, 6) is 0.133. The second kappa shape index (κ2) is 9.21. The molecule has 6 rings (SSSR count). The molecule has 0 bridgehead atoms. The molecule has 35 heavy (non-hydrogen) atoms. The zero-order chi connectivity index (χ0) is 24.0. The fourth-order valence-corrected chi connectivity index (χ4v) is 6.56. The van der Waals surface area contributed by atoms with Gasteiger partial charge in [-0.05, 0) is 56.6 Å². The van der Waals surface area contributed by atoms with Gasteiger partial charge in [0.1, 0.15) is 6.04 Å². The Kier molecular flexibility index (Phi) is 6.05. The molecular weight excluding hydrogens is 444 g/mol. The molecule has 8 nitrogen and oxygen atoms in total. The average Bonchev–Trinajstić information content (AvgIpc) is 3.63. The summed E-state index contributed by atoms with van der Waals surface area (Å²) >= 11 is 0. The van der Waals surface area contributed by atoms with Crippen LogP contribution >= 0.6 is 0 Å². The molecule has 1 atom stereocenters. The lowest BCUT2D eigenvalue weighted by Gasteiger charge is -2.46. The Morgan fingerprint density at radius 1 is 1.09 bits per heavy atom. The van der Waals surface area contributed by atoms with E-state index in [-0.39, 0.29) is 29.7 Å². The van der Waals surface area contributed by atoms with E-state index < -0.39 is 6.04 Å². The fraction of sp³-hybridized carbons (Fsp3) is 0.667. The van der Waals surface area contributed by atoms with Crippen LogP contribution in [0.3, 0.4) is 0 Å². The molecule has 2 saturated carbocycles. The molecule has 8 heteroatoms. The number of hydrogen-bond acceptors (Lipinski definition) is 6. The third-order valence-corrected chi connectivity index (χ3v) is 8.82. The zero-order valence-corrected chi connectivity index (χ0v) is 20.4. The first-order valence-corrected chi connectivity index (χ1v) is 13.4. The van der Waals surface area contributed by atoms with Gasteiger partial charge in [0.05, 0.1) is 13.2 Å². The molecule has 0 aromatic heterocycles. The van der Waals surface area contributed by atoms with Crippen molar-refractivity contribution in [2.24, 2.45) is 5.92 Å². The standard InChI is InChI=1S/C27H36N4O4/c32-24-7-6-23(25(33)29-24)31-16-21-20(26(31)34)2-1-3-22(21)30(14-10-18-4-5-18)19-8-11-27(12-9-19)17-35-15-13-28-27/h1-3,18-19,23,28H,4-17H2,(H,29,32,33). The van der Waals surface area contributed by atoms with Gasteiger partial charge in [0, 0.05) is 54.5 Å². The highest BCUT2D eigenvalue weighted by Gasteiger charge is 2.42. The summed E-state index contributed by atoms with van der Waals surface area (Å²) in [5, 5.41) is 6.15. The van der Waals surface area contributed by atoms with Crippen LogP contribution in [0.15, 0.2) is 18.2 Å². The summed E-state index contributed by atoms with van der Waals surface area (Å²) in [7, 11) is 0. The first kappa shape index (κ1) is 23.0. The number of carbonyl (C=O) groups is 3. The van der Waals surface area contributed by atoms with E-state index in [2.05, 4.69) is 21.6 Å². The quantitative estimate of drug-likeness (QED) is 0.608. The van der Waals surface area contributed by atoms with E-state index in [9.17, 15) is 14.4 Å². The largest absolute Gasteiger partial charge is 0.378 e. The summed E-state index contributed by atoms with van der Waals surface area (Å²) in [5.41, 5.74) is 3.02. The van der Waals surface area contributed by atoms with Crippen LogP contribution in [0.4, 0.5) is 5.69 Å². The highest BCUT2D eigenvalue weighted by Crippen LogP contribution is 2.40. The number of anilines is 1. The monoisotopic (exact) mass is 480 g/mol. The Balaban J connectivity index is 1.24. The maximum Gasteiger partial charge on any atom is 0.255 e. The molecule has 5 aliphatic rings. The average molecular weight is 481 g/mol. The third-order valence-electron chi connectivity index (χ3n) is 8.82. The number of ether oxygens (including phenoxy) is 1. The second-order valence-electron chi connectivity index (χ2n) is 11.1. The van der Waals surface area contributed by atoms with Crippen molar-refractivity contribution >= 4 is 23.4 Å². The third kappa shape index (κ3) is 4.47. The van der Waals surface area contributed by atoms with Crippen molar-refractivity contribution in [3.05, 3.63) is 29.3 Å². The Labute approximate surface area is 206 Å². The van der Waals surface area contributed by atoms with E-state index in [1.54, 1.807) is 4.90 Å². The van der Waals surface area contributed by atoms with Gasteiger partial charge in [0.15, 0.2) is 0 Å². The molecule has 4 fully saturated rings. The first-order chi connectivity index (χ1) is 17.0. The highest BCUT2D eigenvalue weighted by molar-refractivity contribution is 6.06. The van der Waals surface area contributed by atoms with E-state index in [1.165, 1.54) is 19.3 Å². The molecule has 2 aliphatic carbocycles. The number of fused-ring (bicyclic) bond motifs is 1. The van der Waals surface area contributed by atoms with Crippen LogP contribution in [-0.4, -0.2) is 66.5 Å². The Hall–Kier alpha value is -2.45. The van der Waals surface area contributed by atoms with Crippen molar-refractivity contribution in [1.29, 1.82) is 0 Å². The topological polar surface area (TPSA) is 91.0 Å². The van der Waals surface area contributed by atoms with Crippen molar-refractivity contribution in [1.82, 2.24) is 15.5 Å². The molecule has 1 unspecified atom stereocenters. The van der Waals surface area contributed by atoms with Gasteiger partial charge < -0.3 is 19.9 Å². The van der Waals surface area contributed by atoms with Crippen molar-refractivity contribution in [2.75, 3.05) is 31.2 Å². The fourth-order valence-electron chi connectivity index (χ4n) is 6.56. The van der Waals surface area contributed by atoms with E-state index in [4.69, 9.17) is 4.74 Å². The van der Waals surface area contributed by atoms with Gasteiger partial charge in [-0.1, -0.05) is 18.9 Å². The van der Waals surface area contributed by atoms with E-state index in [0.29, 0.717) is 24.6 Å². The van der Waals surface area contributed by atoms with E-state index in [1.807, 2.05) is 12.1 Å². The summed E-state index contributed by atoms with van der Waals surface area (Å²) in [6.45, 7) is 3.98. The SMILES string of the molecule is O=C1CCC(N2Cc3c(cccc3N(CCC3CC3)C3CCC4(CC3)COCCN4)C2=O)C(=O)N1. The molecule has 0 radical (unpaired) electrons. The maximum atomic E-state index is 13.4. The summed E-state index contributed by atoms with van der Waals surface area (Å²) in [6, 6.07) is 5.91. The molecule has 1 aromatic rings. The Bertz CT molecular complexity index is 1010. The van der Waals surface area contributed by atoms with Crippen LogP contribution in [0.2, 0.25) is 0 Å². The van der Waals surface area contributed by atoms with Crippen molar-refractivity contribution < 1.29 is 19.1 Å². The normalized spacial score (nSPS) is 31.0. The van der Waals surface area contributed by atoms with Gasteiger partial charge in [-0.25, -0.2) is 0 Å². The van der Waals surface area contributed by atoms with Crippen LogP contribution < -0.4 is 15.5 Å².